The average Bonchev–Trinajstić information content (AvgIpc) is 3.56. The van der Waals surface area contributed by atoms with Crippen molar-refractivity contribution in [2.75, 3.05) is 0 Å². The van der Waals surface area contributed by atoms with Crippen LogP contribution in [0.15, 0.2) is 49.2 Å². The summed E-state index contributed by atoms with van der Waals surface area (Å²) in [6.45, 7) is 0. The molecule has 9 nitrogen and oxygen atoms in total. The molecule has 34 heavy (non-hydrogen) atoms. The van der Waals surface area contributed by atoms with Gasteiger partial charge < -0.3 is 0 Å². The molecule has 0 radical (unpaired) electrons. The van der Waals surface area contributed by atoms with Crippen molar-refractivity contribution in [2.24, 2.45) is 11.8 Å². The molecule has 4 bridgehead atoms. The minimum absolute atomic E-state index is 0.0481. The number of fused-ring (bicyclic) bond motifs is 3. The van der Waals surface area contributed by atoms with Crippen molar-refractivity contribution in [3.05, 3.63) is 60.3 Å². The van der Waals surface area contributed by atoms with Crippen LogP contribution in [0.4, 0.5) is 0 Å². The molecule has 2 unspecified atom stereocenters. The zero-order valence-corrected chi connectivity index (χ0v) is 19.2. The molecule has 4 fully saturated rings. The molecule has 170 valence electrons. The maximum Gasteiger partial charge on any atom is 0.242 e. The number of halogens is 1. The smallest absolute Gasteiger partial charge is 0.242 e. The lowest BCUT2D eigenvalue weighted by Gasteiger charge is -2.60. The van der Waals surface area contributed by atoms with Gasteiger partial charge in [-0.3, -0.25) is 0 Å². The third kappa shape index (κ3) is 2.50. The molecule has 0 aliphatic heterocycles. The van der Waals surface area contributed by atoms with Crippen LogP contribution < -0.4 is 0 Å². The van der Waals surface area contributed by atoms with E-state index in [9.17, 15) is 0 Å². The molecule has 2 atom stereocenters. The third-order valence-electron chi connectivity index (χ3n) is 8.36. The molecule has 4 saturated carbocycles. The standard InChI is InChI=1S/C24H22ClN9/c25-22-27-14-33(31-22)24-9-15-6-16(10-24)8-23(7-15,12-24)21-29-20-18-11-28-34(17-4-2-1-3-5-17)19(18)26-13-32(20)30-21/h1-5,11,13-16H,6-10,12H2. The maximum absolute atomic E-state index is 6.12. The Morgan fingerprint density at radius 2 is 1.74 bits per heavy atom. The van der Waals surface area contributed by atoms with Gasteiger partial charge in [-0.2, -0.15) is 5.10 Å². The maximum atomic E-state index is 6.12. The molecule has 0 amide bonds. The normalized spacial score (nSPS) is 30.0. The molecule has 4 heterocycles. The fraction of sp³-hybridized carbons (Fsp3) is 0.417. The topological polar surface area (TPSA) is 91.6 Å². The van der Waals surface area contributed by atoms with Crippen LogP contribution in [0.5, 0.6) is 0 Å². The molecule has 4 aliphatic rings. The lowest BCUT2D eigenvalue weighted by atomic mass is 9.46. The second kappa shape index (κ2) is 6.41. The Labute approximate surface area is 199 Å². The Morgan fingerprint density at radius 3 is 2.50 bits per heavy atom. The first-order valence-corrected chi connectivity index (χ1v) is 12.2. The van der Waals surface area contributed by atoms with E-state index < -0.39 is 0 Å². The summed E-state index contributed by atoms with van der Waals surface area (Å²) >= 11 is 6.12. The van der Waals surface area contributed by atoms with Crippen molar-refractivity contribution in [1.29, 1.82) is 0 Å². The van der Waals surface area contributed by atoms with Crippen molar-refractivity contribution >= 4 is 28.3 Å². The molecule has 0 spiro atoms. The third-order valence-corrected chi connectivity index (χ3v) is 8.53. The Kier molecular flexibility index (Phi) is 3.59. The van der Waals surface area contributed by atoms with Gasteiger partial charge in [-0.15, -0.1) is 10.2 Å². The molecule has 5 aromatic rings. The first-order chi connectivity index (χ1) is 16.6. The van der Waals surface area contributed by atoms with Crippen molar-refractivity contribution in [1.82, 2.24) is 44.1 Å². The van der Waals surface area contributed by atoms with Gasteiger partial charge in [0.05, 0.1) is 22.8 Å². The molecule has 0 N–H and O–H groups in total. The van der Waals surface area contributed by atoms with Crippen molar-refractivity contribution in [3.63, 3.8) is 0 Å². The van der Waals surface area contributed by atoms with Gasteiger partial charge in [-0.1, -0.05) is 18.2 Å². The fourth-order valence-electron chi connectivity index (χ4n) is 7.52. The van der Waals surface area contributed by atoms with E-state index in [1.54, 1.807) is 6.33 Å². The van der Waals surface area contributed by atoms with Crippen LogP contribution in [0.3, 0.4) is 0 Å². The summed E-state index contributed by atoms with van der Waals surface area (Å²) < 4.78 is 5.73. The molecule has 4 aliphatic carbocycles. The minimum atomic E-state index is -0.0592. The number of hydrogen-bond acceptors (Lipinski definition) is 6. The number of rotatable bonds is 3. The Morgan fingerprint density at radius 1 is 0.912 bits per heavy atom. The van der Waals surface area contributed by atoms with Crippen LogP contribution in [0.2, 0.25) is 5.28 Å². The molecule has 10 heteroatoms. The summed E-state index contributed by atoms with van der Waals surface area (Å²) in [6, 6.07) is 10.1. The van der Waals surface area contributed by atoms with Crippen LogP contribution in [0.1, 0.15) is 44.3 Å². The summed E-state index contributed by atoms with van der Waals surface area (Å²) in [5.74, 6) is 2.23. The quantitative estimate of drug-likeness (QED) is 0.395. The van der Waals surface area contributed by atoms with Gasteiger partial charge in [0.25, 0.3) is 0 Å². The number of hydrogen-bond donors (Lipinski definition) is 0. The fourth-order valence-corrected chi connectivity index (χ4v) is 7.64. The summed E-state index contributed by atoms with van der Waals surface area (Å²) in [5, 5.41) is 15.4. The van der Waals surface area contributed by atoms with Crippen LogP contribution in [0, 0.1) is 11.8 Å². The lowest BCUT2D eigenvalue weighted by molar-refractivity contribution is -0.0715. The monoisotopic (exact) mass is 471 g/mol. The summed E-state index contributed by atoms with van der Waals surface area (Å²) in [6.07, 6.45) is 12.2. The minimum Gasteiger partial charge on any atom is -0.245 e. The van der Waals surface area contributed by atoms with Crippen molar-refractivity contribution in [3.8, 4) is 5.69 Å². The molecule has 1 aromatic carbocycles. The number of aromatic nitrogens is 9. The van der Waals surface area contributed by atoms with Gasteiger partial charge in [0.1, 0.15) is 12.7 Å². The molecule has 0 saturated heterocycles. The van der Waals surface area contributed by atoms with E-state index in [1.165, 1.54) is 6.42 Å². The van der Waals surface area contributed by atoms with E-state index in [2.05, 4.69) is 15.2 Å². The van der Waals surface area contributed by atoms with Gasteiger partial charge >= 0.3 is 0 Å². The van der Waals surface area contributed by atoms with Gasteiger partial charge in [-0.05, 0) is 74.1 Å². The Balaban J connectivity index is 1.26. The lowest BCUT2D eigenvalue weighted by Crippen LogP contribution is -2.58. The van der Waals surface area contributed by atoms with Crippen molar-refractivity contribution in [2.45, 2.75) is 49.5 Å². The first kappa shape index (κ1) is 19.0. The van der Waals surface area contributed by atoms with E-state index in [-0.39, 0.29) is 11.0 Å². The van der Waals surface area contributed by atoms with Crippen LogP contribution in [-0.4, -0.2) is 44.1 Å². The number of benzene rings is 1. The predicted octanol–water partition coefficient (Wildman–Crippen LogP) is 3.96. The first-order valence-electron chi connectivity index (χ1n) is 11.8. The van der Waals surface area contributed by atoms with Gasteiger partial charge in [0.15, 0.2) is 17.1 Å². The SMILES string of the molecule is Clc1ncn(C23CC4CC(CC(c5nc6c7cnn(-c8ccccc8)c7ncn6n5)(C4)C2)C3)n1. The Hall–Kier alpha value is -3.33. The zero-order chi connectivity index (χ0) is 22.5. The molecule has 4 aromatic heterocycles. The van der Waals surface area contributed by atoms with E-state index in [0.29, 0.717) is 17.1 Å². The Bertz CT molecular complexity index is 1550. The van der Waals surface area contributed by atoms with E-state index in [4.69, 9.17) is 26.7 Å². The summed E-state index contributed by atoms with van der Waals surface area (Å²) in [4.78, 5) is 14.1. The van der Waals surface area contributed by atoms with E-state index in [1.807, 2.05) is 56.7 Å². The van der Waals surface area contributed by atoms with Gasteiger partial charge in [0.2, 0.25) is 5.28 Å². The van der Waals surface area contributed by atoms with E-state index in [0.717, 1.165) is 60.3 Å². The second-order valence-electron chi connectivity index (χ2n) is 10.5. The highest BCUT2D eigenvalue weighted by molar-refractivity contribution is 6.28. The second-order valence-corrected chi connectivity index (χ2v) is 10.8. The number of nitrogens with zero attached hydrogens (tertiary/aromatic N) is 9. The summed E-state index contributed by atoms with van der Waals surface area (Å²) in [7, 11) is 0. The molecular weight excluding hydrogens is 450 g/mol. The van der Waals surface area contributed by atoms with Crippen LogP contribution >= 0.6 is 11.6 Å². The van der Waals surface area contributed by atoms with Gasteiger partial charge in [0, 0.05) is 5.41 Å². The highest BCUT2D eigenvalue weighted by atomic mass is 35.5. The van der Waals surface area contributed by atoms with Gasteiger partial charge in [-0.25, -0.2) is 28.8 Å². The summed E-state index contributed by atoms with van der Waals surface area (Å²) in [5.41, 5.74) is 2.47. The molecule has 9 rings (SSSR count). The zero-order valence-electron chi connectivity index (χ0n) is 18.4. The highest BCUT2D eigenvalue weighted by Crippen LogP contribution is 2.64. The highest BCUT2D eigenvalue weighted by Gasteiger charge is 2.61. The van der Waals surface area contributed by atoms with E-state index >= 15 is 0 Å². The molecular formula is C24H22ClN9. The van der Waals surface area contributed by atoms with Crippen molar-refractivity contribution < 1.29 is 0 Å². The number of para-hydroxylation sites is 1. The van der Waals surface area contributed by atoms with Crippen LogP contribution in [-0.2, 0) is 11.0 Å². The largest absolute Gasteiger partial charge is 0.245 e. The average molecular weight is 472 g/mol. The predicted molar refractivity (Wildman–Crippen MR) is 125 cm³/mol. The van der Waals surface area contributed by atoms with Crippen LogP contribution in [0.25, 0.3) is 22.4 Å².